The summed E-state index contributed by atoms with van der Waals surface area (Å²) < 4.78 is 0. The lowest BCUT2D eigenvalue weighted by Gasteiger charge is -1.92. The van der Waals surface area contributed by atoms with Gasteiger partial charge in [0.05, 0.1) is 0 Å². The second-order valence-corrected chi connectivity index (χ2v) is 2.35. The average molecular weight is 156 g/mol. The van der Waals surface area contributed by atoms with E-state index in [1.165, 1.54) is 10.8 Å². The molecule has 0 bridgehead atoms. The lowest BCUT2D eigenvalue weighted by Crippen LogP contribution is -1.67. The van der Waals surface area contributed by atoms with Crippen molar-refractivity contribution in [3.63, 3.8) is 0 Å². The van der Waals surface area contributed by atoms with E-state index in [0.29, 0.717) is 0 Å². The molecule has 11 heavy (non-hydrogen) atoms. The van der Waals surface area contributed by atoms with E-state index in [4.69, 9.17) is 0 Å². The largest absolute Gasteiger partial charge is 0.0616 e. The van der Waals surface area contributed by atoms with Crippen LogP contribution in [-0.4, -0.2) is 11.0 Å². The molecule has 2 aromatic carbocycles. The predicted octanol–water partition coefficient (Wildman–Crippen LogP) is 2.46. The Balaban J connectivity index is 0.000000605. The summed E-state index contributed by atoms with van der Waals surface area (Å²) in [5, 5.41) is 2.62. The molecule has 0 atom stereocenters. The monoisotopic (exact) mass is 156 g/mol. The first kappa shape index (κ1) is 8.02. The van der Waals surface area contributed by atoms with Gasteiger partial charge in [-0.05, 0) is 10.8 Å². The molecule has 4 radical (unpaired) electrons. The van der Waals surface area contributed by atoms with Crippen LogP contribution < -0.4 is 0 Å². The van der Waals surface area contributed by atoms with Crippen molar-refractivity contribution in [2.45, 2.75) is 0 Å². The minimum absolute atomic E-state index is 0. The molecule has 0 aliphatic heterocycles. The van der Waals surface area contributed by atoms with Gasteiger partial charge in [-0.3, -0.25) is 0 Å². The van der Waals surface area contributed by atoms with Gasteiger partial charge in [0.1, 0.15) is 0 Å². The molecule has 0 aromatic heterocycles. The maximum Gasteiger partial charge on any atom is 0 e. The number of hydrogen-bond donors (Lipinski definition) is 0. The van der Waals surface area contributed by atoms with E-state index in [-0.39, 0.29) is 11.0 Å². The second-order valence-electron chi connectivity index (χ2n) is 2.35. The molecule has 0 saturated heterocycles. The van der Waals surface area contributed by atoms with Gasteiger partial charge in [0.15, 0.2) is 0 Å². The van der Waals surface area contributed by atoms with E-state index < -0.39 is 0 Å². The van der Waals surface area contributed by atoms with E-state index in [2.05, 4.69) is 48.5 Å². The first-order chi connectivity index (χ1) is 4.97. The topological polar surface area (TPSA) is 0 Å². The number of fused-ring (bicyclic) bond motifs is 1. The molecule has 0 nitrogen and oxygen atoms in total. The summed E-state index contributed by atoms with van der Waals surface area (Å²) in [6.07, 6.45) is 0. The molecule has 0 fully saturated rings. The summed E-state index contributed by atoms with van der Waals surface area (Å²) in [7, 11) is 0. The summed E-state index contributed by atoms with van der Waals surface area (Å²) in [4.78, 5) is 0. The third kappa shape index (κ3) is 1.49. The number of rotatable bonds is 0. The first-order valence-corrected chi connectivity index (χ1v) is 3.40. The highest BCUT2D eigenvalue weighted by atomic mass is 28.1. The van der Waals surface area contributed by atoms with Gasteiger partial charge in [0, 0.05) is 11.0 Å². The SMILES string of the molecule is [Si].c1ccc2ccccc2c1. The first-order valence-electron chi connectivity index (χ1n) is 3.40. The summed E-state index contributed by atoms with van der Waals surface area (Å²) >= 11 is 0. The summed E-state index contributed by atoms with van der Waals surface area (Å²) in [5.41, 5.74) is 0. The third-order valence-electron chi connectivity index (χ3n) is 1.66. The van der Waals surface area contributed by atoms with Gasteiger partial charge in [0.25, 0.3) is 0 Å². The summed E-state index contributed by atoms with van der Waals surface area (Å²) in [6, 6.07) is 16.7. The van der Waals surface area contributed by atoms with Crippen molar-refractivity contribution >= 4 is 21.7 Å². The van der Waals surface area contributed by atoms with Crippen LogP contribution in [0.5, 0.6) is 0 Å². The Bertz CT molecular complexity index is 276. The minimum atomic E-state index is 0. The Hall–Kier alpha value is -1.08. The van der Waals surface area contributed by atoms with Gasteiger partial charge in [-0.1, -0.05) is 48.5 Å². The molecule has 0 spiro atoms. The molecular formula is C10H8Si. The van der Waals surface area contributed by atoms with Crippen molar-refractivity contribution in [1.82, 2.24) is 0 Å². The Labute approximate surface area is 70.9 Å². The molecule has 0 amide bonds. The van der Waals surface area contributed by atoms with Crippen LogP contribution >= 0.6 is 0 Å². The molecule has 0 aliphatic rings. The van der Waals surface area contributed by atoms with Gasteiger partial charge < -0.3 is 0 Å². The van der Waals surface area contributed by atoms with Crippen LogP contribution in [0.3, 0.4) is 0 Å². The molecule has 0 heterocycles. The van der Waals surface area contributed by atoms with Gasteiger partial charge in [-0.15, -0.1) is 0 Å². The third-order valence-corrected chi connectivity index (χ3v) is 1.66. The van der Waals surface area contributed by atoms with Crippen molar-refractivity contribution in [1.29, 1.82) is 0 Å². The lowest BCUT2D eigenvalue weighted by molar-refractivity contribution is 1.75. The quantitative estimate of drug-likeness (QED) is 0.514. The molecule has 0 aliphatic carbocycles. The van der Waals surface area contributed by atoms with Crippen LogP contribution in [-0.2, 0) is 0 Å². The second kappa shape index (κ2) is 3.35. The van der Waals surface area contributed by atoms with E-state index in [1.54, 1.807) is 0 Å². The Kier molecular flexibility index (Phi) is 2.44. The van der Waals surface area contributed by atoms with Crippen LogP contribution in [0.1, 0.15) is 0 Å². The van der Waals surface area contributed by atoms with Crippen molar-refractivity contribution in [2.24, 2.45) is 0 Å². The lowest BCUT2D eigenvalue weighted by atomic mass is 10.1. The van der Waals surface area contributed by atoms with Crippen LogP contribution in [0.25, 0.3) is 10.8 Å². The maximum absolute atomic E-state index is 2.12. The van der Waals surface area contributed by atoms with Crippen molar-refractivity contribution in [3.05, 3.63) is 48.5 Å². The fourth-order valence-corrected chi connectivity index (χ4v) is 1.13. The highest BCUT2D eigenvalue weighted by molar-refractivity contribution is 5.81. The molecule has 0 saturated carbocycles. The van der Waals surface area contributed by atoms with Crippen LogP contribution in [0, 0.1) is 0 Å². The van der Waals surface area contributed by atoms with Crippen molar-refractivity contribution < 1.29 is 0 Å². The smallest absolute Gasteiger partial charge is 0 e. The predicted molar refractivity (Wildman–Crippen MR) is 49.7 cm³/mol. The zero-order valence-corrected chi connectivity index (χ0v) is 7.12. The molecular weight excluding hydrogens is 148 g/mol. The standard InChI is InChI=1S/C10H8.Si/c1-2-6-10-8-4-3-7-9(10)5-1;/h1-8H;. The fourth-order valence-electron chi connectivity index (χ4n) is 1.13. The highest BCUT2D eigenvalue weighted by Crippen LogP contribution is 2.11. The zero-order valence-electron chi connectivity index (χ0n) is 6.12. The minimum Gasteiger partial charge on any atom is -0.0616 e. The van der Waals surface area contributed by atoms with E-state index in [0.717, 1.165) is 0 Å². The van der Waals surface area contributed by atoms with Crippen LogP contribution in [0.4, 0.5) is 0 Å². The van der Waals surface area contributed by atoms with Crippen molar-refractivity contribution in [3.8, 4) is 0 Å². The number of hydrogen-bond acceptors (Lipinski definition) is 0. The zero-order chi connectivity index (χ0) is 6.81. The van der Waals surface area contributed by atoms with Gasteiger partial charge in [0.2, 0.25) is 0 Å². The fraction of sp³-hybridized carbons (Fsp3) is 0. The Morgan fingerprint density at radius 3 is 1.09 bits per heavy atom. The average Bonchev–Trinajstić information content (AvgIpc) is 2.05. The Morgan fingerprint density at radius 1 is 0.545 bits per heavy atom. The molecule has 2 rings (SSSR count). The van der Waals surface area contributed by atoms with E-state index in [9.17, 15) is 0 Å². The molecule has 0 N–H and O–H groups in total. The van der Waals surface area contributed by atoms with Gasteiger partial charge >= 0.3 is 0 Å². The molecule has 2 aromatic rings. The van der Waals surface area contributed by atoms with E-state index >= 15 is 0 Å². The van der Waals surface area contributed by atoms with Crippen LogP contribution in [0.15, 0.2) is 48.5 Å². The van der Waals surface area contributed by atoms with Crippen LogP contribution in [0.2, 0.25) is 0 Å². The van der Waals surface area contributed by atoms with Gasteiger partial charge in [-0.25, -0.2) is 0 Å². The maximum atomic E-state index is 2.12. The van der Waals surface area contributed by atoms with E-state index in [1.807, 2.05) is 0 Å². The summed E-state index contributed by atoms with van der Waals surface area (Å²) in [5.74, 6) is 0. The normalized spacial score (nSPS) is 9.09. The molecule has 0 unspecified atom stereocenters. The Morgan fingerprint density at radius 2 is 0.818 bits per heavy atom. The molecule has 52 valence electrons. The van der Waals surface area contributed by atoms with Gasteiger partial charge in [-0.2, -0.15) is 0 Å². The summed E-state index contributed by atoms with van der Waals surface area (Å²) in [6.45, 7) is 0. The van der Waals surface area contributed by atoms with Crippen molar-refractivity contribution in [2.75, 3.05) is 0 Å². The molecule has 1 heteroatoms. The highest BCUT2D eigenvalue weighted by Gasteiger charge is 1.85. The number of benzene rings is 2.